The molecule has 1 fully saturated rings. The lowest BCUT2D eigenvalue weighted by atomic mass is 10.3. The van der Waals surface area contributed by atoms with Gasteiger partial charge in [-0.1, -0.05) is 0 Å². The largest absolute Gasteiger partial charge is 0.412 e. The lowest BCUT2D eigenvalue weighted by Gasteiger charge is -2.14. The number of rotatable bonds is 2. The summed E-state index contributed by atoms with van der Waals surface area (Å²) in [6.45, 7) is 0. The normalized spacial score (nSPS) is 20.3. The summed E-state index contributed by atoms with van der Waals surface area (Å²) in [5, 5.41) is 2.18. The van der Waals surface area contributed by atoms with Crippen LogP contribution in [0.5, 0.6) is 0 Å². The lowest BCUT2D eigenvalue weighted by Crippen LogP contribution is -2.50. The molecule has 0 aromatic heterocycles. The smallest absolute Gasteiger partial charge is 0.352 e. The van der Waals surface area contributed by atoms with Crippen molar-refractivity contribution in [3.63, 3.8) is 0 Å². The first kappa shape index (κ1) is 9.31. The quantitative estimate of drug-likeness (QED) is 0.638. The predicted molar refractivity (Wildman–Crippen MR) is 35.2 cm³/mol. The van der Waals surface area contributed by atoms with Crippen LogP contribution in [-0.2, 0) is 4.79 Å². The summed E-state index contributed by atoms with van der Waals surface area (Å²) in [4.78, 5) is 10.7. The first-order valence-corrected chi connectivity index (χ1v) is 3.54. The Hall–Kier alpha value is -0.780. The molecule has 0 aromatic carbocycles. The van der Waals surface area contributed by atoms with Crippen LogP contribution in [0.1, 0.15) is 12.8 Å². The fraction of sp³-hybridized carbons (Fsp3) is 0.833. The van der Waals surface area contributed by atoms with Crippen LogP contribution in [-0.4, -0.2) is 24.2 Å². The van der Waals surface area contributed by atoms with Gasteiger partial charge in [-0.3, -0.25) is 4.79 Å². The van der Waals surface area contributed by atoms with E-state index in [0.717, 1.165) is 12.8 Å². The Morgan fingerprint density at radius 3 is 2.33 bits per heavy atom. The Labute approximate surface area is 67.1 Å². The first-order valence-electron chi connectivity index (χ1n) is 3.54. The molecule has 1 aliphatic rings. The van der Waals surface area contributed by atoms with Crippen LogP contribution >= 0.6 is 0 Å². The maximum atomic E-state index is 11.8. The summed E-state index contributed by atoms with van der Waals surface area (Å²) >= 11 is 0. The SMILES string of the molecule is NC(C(=O)NC1CC1)C(F)(F)F. The van der Waals surface area contributed by atoms with Gasteiger partial charge < -0.3 is 11.1 Å². The second-order valence-corrected chi connectivity index (χ2v) is 2.80. The Morgan fingerprint density at radius 2 is 2.00 bits per heavy atom. The van der Waals surface area contributed by atoms with Gasteiger partial charge in [-0.15, -0.1) is 0 Å². The van der Waals surface area contributed by atoms with Gasteiger partial charge in [0.05, 0.1) is 0 Å². The summed E-state index contributed by atoms with van der Waals surface area (Å²) in [6, 6.07) is -2.48. The van der Waals surface area contributed by atoms with Crippen molar-refractivity contribution in [1.82, 2.24) is 5.32 Å². The summed E-state index contributed by atoms with van der Waals surface area (Å²) in [5.74, 6) is -1.13. The van der Waals surface area contributed by atoms with Gasteiger partial charge in [0.15, 0.2) is 6.04 Å². The minimum absolute atomic E-state index is 0.0918. The molecule has 0 bridgehead atoms. The zero-order chi connectivity index (χ0) is 9.35. The second-order valence-electron chi connectivity index (χ2n) is 2.80. The molecule has 12 heavy (non-hydrogen) atoms. The molecule has 1 rings (SSSR count). The standard InChI is InChI=1S/C6H9F3N2O/c7-6(8,9)4(10)5(12)11-3-1-2-3/h3-4H,1-2,10H2,(H,11,12). The molecular weight excluding hydrogens is 173 g/mol. The van der Waals surface area contributed by atoms with Gasteiger partial charge >= 0.3 is 6.18 Å². The van der Waals surface area contributed by atoms with Crippen molar-refractivity contribution in [3.05, 3.63) is 0 Å². The van der Waals surface area contributed by atoms with Gasteiger partial charge in [0.25, 0.3) is 0 Å². The van der Waals surface area contributed by atoms with E-state index in [-0.39, 0.29) is 6.04 Å². The van der Waals surface area contributed by atoms with Crippen molar-refractivity contribution in [2.75, 3.05) is 0 Å². The maximum Gasteiger partial charge on any atom is 0.412 e. The monoisotopic (exact) mass is 182 g/mol. The van der Waals surface area contributed by atoms with E-state index in [0.29, 0.717) is 0 Å². The molecule has 1 saturated carbocycles. The molecule has 6 heteroatoms. The van der Waals surface area contributed by atoms with E-state index >= 15 is 0 Å². The number of carbonyl (C=O) groups is 1. The Bertz CT molecular complexity index is 188. The Balaban J connectivity index is 2.39. The Morgan fingerprint density at radius 1 is 1.50 bits per heavy atom. The highest BCUT2D eigenvalue weighted by molar-refractivity contribution is 5.82. The molecule has 3 N–H and O–H groups in total. The van der Waals surface area contributed by atoms with E-state index in [1.807, 2.05) is 0 Å². The van der Waals surface area contributed by atoms with Crippen LogP contribution in [0.4, 0.5) is 13.2 Å². The Kier molecular flexibility index (Phi) is 2.27. The molecule has 1 amide bonds. The number of alkyl halides is 3. The van der Waals surface area contributed by atoms with E-state index in [9.17, 15) is 18.0 Å². The van der Waals surface area contributed by atoms with Crippen molar-refractivity contribution >= 4 is 5.91 Å². The highest BCUT2D eigenvalue weighted by Gasteiger charge is 2.43. The molecule has 1 aliphatic carbocycles. The number of hydrogen-bond acceptors (Lipinski definition) is 2. The fourth-order valence-electron chi connectivity index (χ4n) is 0.667. The number of hydrogen-bond donors (Lipinski definition) is 2. The highest BCUT2D eigenvalue weighted by Crippen LogP contribution is 2.22. The third kappa shape index (κ3) is 2.37. The van der Waals surface area contributed by atoms with E-state index in [2.05, 4.69) is 11.1 Å². The van der Waals surface area contributed by atoms with Crippen LogP contribution in [0.15, 0.2) is 0 Å². The number of carbonyl (C=O) groups excluding carboxylic acids is 1. The van der Waals surface area contributed by atoms with Gasteiger partial charge in [0.2, 0.25) is 5.91 Å². The average molecular weight is 182 g/mol. The first-order chi connectivity index (χ1) is 5.41. The molecule has 0 aromatic rings. The van der Waals surface area contributed by atoms with Crippen LogP contribution < -0.4 is 11.1 Å². The molecule has 1 unspecified atom stereocenters. The summed E-state index contributed by atoms with van der Waals surface area (Å²) < 4.78 is 35.4. The molecular formula is C6H9F3N2O. The van der Waals surface area contributed by atoms with Crippen molar-refractivity contribution in [1.29, 1.82) is 0 Å². The molecule has 0 aliphatic heterocycles. The average Bonchev–Trinajstić information content (AvgIpc) is 2.68. The van der Waals surface area contributed by atoms with Gasteiger partial charge in [0.1, 0.15) is 0 Å². The highest BCUT2D eigenvalue weighted by atomic mass is 19.4. The fourth-order valence-corrected chi connectivity index (χ4v) is 0.667. The van der Waals surface area contributed by atoms with E-state index in [1.165, 1.54) is 0 Å². The molecule has 0 saturated heterocycles. The van der Waals surface area contributed by atoms with Gasteiger partial charge in [-0.05, 0) is 12.8 Å². The van der Waals surface area contributed by atoms with Crippen molar-refractivity contribution in [2.24, 2.45) is 5.73 Å². The predicted octanol–water partition coefficient (Wildman–Crippen LogP) is 0.155. The second kappa shape index (κ2) is 2.93. The van der Waals surface area contributed by atoms with Crippen molar-refractivity contribution in [3.8, 4) is 0 Å². The molecule has 70 valence electrons. The third-order valence-electron chi connectivity index (χ3n) is 1.56. The summed E-state index contributed by atoms with van der Waals surface area (Å²) in [6.07, 6.45) is -3.15. The van der Waals surface area contributed by atoms with Crippen LogP contribution in [0.3, 0.4) is 0 Å². The molecule has 0 heterocycles. The number of amides is 1. The van der Waals surface area contributed by atoms with Crippen LogP contribution in [0, 0.1) is 0 Å². The van der Waals surface area contributed by atoms with Crippen LogP contribution in [0.2, 0.25) is 0 Å². The molecule has 1 atom stereocenters. The van der Waals surface area contributed by atoms with Crippen LogP contribution in [0.25, 0.3) is 0 Å². The van der Waals surface area contributed by atoms with Crippen molar-refractivity contribution < 1.29 is 18.0 Å². The number of nitrogens with two attached hydrogens (primary N) is 1. The summed E-state index contributed by atoms with van der Waals surface area (Å²) in [7, 11) is 0. The topological polar surface area (TPSA) is 55.1 Å². The zero-order valence-corrected chi connectivity index (χ0v) is 6.19. The van der Waals surface area contributed by atoms with E-state index in [4.69, 9.17) is 0 Å². The molecule has 0 radical (unpaired) electrons. The number of nitrogens with one attached hydrogen (secondary N) is 1. The van der Waals surface area contributed by atoms with Gasteiger partial charge in [0, 0.05) is 6.04 Å². The third-order valence-corrected chi connectivity index (χ3v) is 1.56. The zero-order valence-electron chi connectivity index (χ0n) is 6.19. The van der Waals surface area contributed by atoms with Gasteiger partial charge in [-0.2, -0.15) is 13.2 Å². The lowest BCUT2D eigenvalue weighted by molar-refractivity contribution is -0.162. The summed E-state index contributed by atoms with van der Waals surface area (Å²) in [5.41, 5.74) is 4.63. The minimum Gasteiger partial charge on any atom is -0.352 e. The van der Waals surface area contributed by atoms with Crippen molar-refractivity contribution in [2.45, 2.75) is 31.1 Å². The van der Waals surface area contributed by atoms with E-state index in [1.54, 1.807) is 0 Å². The maximum absolute atomic E-state index is 11.8. The molecule has 3 nitrogen and oxygen atoms in total. The molecule has 0 spiro atoms. The van der Waals surface area contributed by atoms with Gasteiger partial charge in [-0.25, -0.2) is 0 Å². The number of halogens is 3. The minimum atomic E-state index is -4.64. The van der Waals surface area contributed by atoms with E-state index < -0.39 is 18.1 Å².